The van der Waals surface area contributed by atoms with Crippen molar-refractivity contribution in [1.82, 2.24) is 5.32 Å². The minimum atomic E-state index is 0.453. The Morgan fingerprint density at radius 2 is 1.71 bits per heavy atom. The monoisotopic (exact) mass is 303 g/mol. The van der Waals surface area contributed by atoms with Gasteiger partial charge in [-0.25, -0.2) is 0 Å². The molecular weight excluding hydrogens is 285 g/mol. The lowest BCUT2D eigenvalue weighted by Crippen LogP contribution is -2.23. The van der Waals surface area contributed by atoms with E-state index in [1.807, 2.05) is 0 Å². The van der Waals surface area contributed by atoms with Crippen molar-refractivity contribution in [2.24, 2.45) is 5.92 Å². The van der Waals surface area contributed by atoms with Crippen LogP contribution in [0.1, 0.15) is 32.4 Å². The Balaban J connectivity index is 2.52. The van der Waals surface area contributed by atoms with E-state index in [-0.39, 0.29) is 0 Å². The van der Waals surface area contributed by atoms with Gasteiger partial charge in [0.25, 0.3) is 0 Å². The normalized spacial score (nSPS) is 13.2. The molecule has 0 aromatic heterocycles. The predicted molar refractivity (Wildman–Crippen MR) is 70.4 cm³/mol. The van der Waals surface area contributed by atoms with Crippen molar-refractivity contribution in [2.45, 2.75) is 26.8 Å². The van der Waals surface area contributed by atoms with Crippen molar-refractivity contribution < 1.29 is 0 Å². The number of hydrogen-bond acceptors (Lipinski definition) is 1. The molecule has 0 aliphatic carbocycles. The van der Waals surface area contributed by atoms with Gasteiger partial charge in [-0.3, -0.25) is 0 Å². The van der Waals surface area contributed by atoms with Crippen LogP contribution < -0.4 is 5.32 Å². The Morgan fingerprint density at radius 1 is 1.14 bits per heavy atom. The average molecular weight is 303 g/mol. The first kappa shape index (κ1) is 12.0. The van der Waals surface area contributed by atoms with Gasteiger partial charge in [-0.2, -0.15) is 0 Å². The molecule has 2 heteroatoms. The van der Waals surface area contributed by atoms with E-state index in [1.165, 1.54) is 9.13 Å². The van der Waals surface area contributed by atoms with Crippen molar-refractivity contribution in [3.63, 3.8) is 0 Å². The zero-order valence-electron chi connectivity index (χ0n) is 9.05. The van der Waals surface area contributed by atoms with Gasteiger partial charge in [0.15, 0.2) is 0 Å². The lowest BCUT2D eigenvalue weighted by Gasteiger charge is -2.15. The number of halogens is 1. The van der Waals surface area contributed by atoms with Gasteiger partial charge in [0.2, 0.25) is 0 Å². The smallest absolute Gasteiger partial charge is 0.0291 e. The molecule has 0 fully saturated rings. The Labute approximate surface area is 100 Å². The lowest BCUT2D eigenvalue weighted by molar-refractivity contribution is 0.496. The third kappa shape index (κ3) is 3.96. The van der Waals surface area contributed by atoms with Crippen LogP contribution in [0.15, 0.2) is 24.3 Å². The summed E-state index contributed by atoms with van der Waals surface area (Å²) in [5.74, 6) is 0.710. The fourth-order valence-corrected chi connectivity index (χ4v) is 1.64. The number of hydrogen-bond donors (Lipinski definition) is 1. The van der Waals surface area contributed by atoms with Crippen LogP contribution in [0.3, 0.4) is 0 Å². The maximum Gasteiger partial charge on any atom is 0.0291 e. The molecule has 0 radical (unpaired) electrons. The summed E-state index contributed by atoms with van der Waals surface area (Å²) in [7, 11) is 0. The summed E-state index contributed by atoms with van der Waals surface area (Å²) in [6.07, 6.45) is 0. The molecule has 0 aliphatic rings. The third-order valence-corrected chi connectivity index (χ3v) is 2.92. The highest BCUT2D eigenvalue weighted by atomic mass is 127. The van der Waals surface area contributed by atoms with Crippen molar-refractivity contribution in [3.8, 4) is 0 Å². The van der Waals surface area contributed by atoms with E-state index in [1.54, 1.807) is 0 Å². The molecule has 0 bridgehead atoms. The summed E-state index contributed by atoms with van der Waals surface area (Å²) < 4.78 is 1.29. The van der Waals surface area contributed by atoms with Crippen LogP contribution >= 0.6 is 22.6 Å². The number of benzene rings is 1. The van der Waals surface area contributed by atoms with Crippen molar-refractivity contribution >= 4 is 22.6 Å². The SMILES string of the molecule is CC(C)CNC(C)c1ccc(I)cc1. The fourth-order valence-electron chi connectivity index (χ4n) is 1.28. The minimum absolute atomic E-state index is 0.453. The standard InChI is InChI=1S/C12H18IN/c1-9(2)8-14-10(3)11-4-6-12(13)7-5-11/h4-7,9-10,14H,8H2,1-3H3. The highest BCUT2D eigenvalue weighted by molar-refractivity contribution is 14.1. The Kier molecular flexibility index (Phi) is 4.89. The van der Waals surface area contributed by atoms with Crippen LogP contribution in [-0.4, -0.2) is 6.54 Å². The molecule has 0 spiro atoms. The van der Waals surface area contributed by atoms with Gasteiger partial charge < -0.3 is 5.32 Å². The van der Waals surface area contributed by atoms with E-state index in [2.05, 4.69) is 72.9 Å². The molecule has 78 valence electrons. The zero-order chi connectivity index (χ0) is 10.6. The summed E-state index contributed by atoms with van der Waals surface area (Å²) in [5, 5.41) is 3.52. The lowest BCUT2D eigenvalue weighted by atomic mass is 10.1. The van der Waals surface area contributed by atoms with Gasteiger partial charge in [0.1, 0.15) is 0 Å². The summed E-state index contributed by atoms with van der Waals surface area (Å²) in [4.78, 5) is 0. The third-order valence-electron chi connectivity index (χ3n) is 2.20. The van der Waals surface area contributed by atoms with Crippen LogP contribution in [0.2, 0.25) is 0 Å². The Bertz CT molecular complexity index is 266. The van der Waals surface area contributed by atoms with Crippen LogP contribution in [-0.2, 0) is 0 Å². The molecule has 1 atom stereocenters. The van der Waals surface area contributed by atoms with E-state index in [0.717, 1.165) is 6.54 Å². The van der Waals surface area contributed by atoms with Crippen LogP contribution in [0, 0.1) is 9.49 Å². The second-order valence-electron chi connectivity index (χ2n) is 4.08. The summed E-state index contributed by atoms with van der Waals surface area (Å²) in [5.41, 5.74) is 1.37. The summed E-state index contributed by atoms with van der Waals surface area (Å²) in [6.45, 7) is 7.75. The van der Waals surface area contributed by atoms with Gasteiger partial charge in [-0.05, 0) is 59.7 Å². The maximum absolute atomic E-state index is 3.52. The quantitative estimate of drug-likeness (QED) is 0.838. The molecule has 14 heavy (non-hydrogen) atoms. The van der Waals surface area contributed by atoms with E-state index >= 15 is 0 Å². The summed E-state index contributed by atoms with van der Waals surface area (Å²) in [6, 6.07) is 9.15. The van der Waals surface area contributed by atoms with E-state index < -0.39 is 0 Å². The van der Waals surface area contributed by atoms with Gasteiger partial charge in [-0.1, -0.05) is 26.0 Å². The maximum atomic E-state index is 3.52. The second-order valence-corrected chi connectivity index (χ2v) is 5.32. The Hall–Kier alpha value is -0.0900. The highest BCUT2D eigenvalue weighted by Gasteiger charge is 2.04. The summed E-state index contributed by atoms with van der Waals surface area (Å²) >= 11 is 2.33. The van der Waals surface area contributed by atoms with Gasteiger partial charge in [-0.15, -0.1) is 0 Å². The van der Waals surface area contributed by atoms with Crippen molar-refractivity contribution in [3.05, 3.63) is 33.4 Å². The molecule has 1 unspecified atom stereocenters. The van der Waals surface area contributed by atoms with E-state index in [0.29, 0.717) is 12.0 Å². The fraction of sp³-hybridized carbons (Fsp3) is 0.500. The molecule has 1 nitrogen and oxygen atoms in total. The molecule has 1 rings (SSSR count). The van der Waals surface area contributed by atoms with Crippen molar-refractivity contribution in [1.29, 1.82) is 0 Å². The molecule has 0 aliphatic heterocycles. The molecule has 1 N–H and O–H groups in total. The topological polar surface area (TPSA) is 12.0 Å². The predicted octanol–water partition coefficient (Wildman–Crippen LogP) is 3.60. The molecule has 0 amide bonds. The molecule has 1 aromatic rings. The molecular formula is C12H18IN. The molecule has 0 heterocycles. The largest absolute Gasteiger partial charge is 0.310 e. The van der Waals surface area contributed by atoms with Gasteiger partial charge in [0.05, 0.1) is 0 Å². The minimum Gasteiger partial charge on any atom is -0.310 e. The first-order valence-corrected chi connectivity index (χ1v) is 6.16. The van der Waals surface area contributed by atoms with Crippen LogP contribution in [0.25, 0.3) is 0 Å². The molecule has 0 saturated carbocycles. The molecule has 1 aromatic carbocycles. The van der Waals surface area contributed by atoms with Crippen LogP contribution in [0.4, 0.5) is 0 Å². The molecule has 0 saturated heterocycles. The first-order chi connectivity index (χ1) is 6.59. The highest BCUT2D eigenvalue weighted by Crippen LogP contribution is 2.14. The number of rotatable bonds is 4. The Morgan fingerprint density at radius 3 is 2.21 bits per heavy atom. The number of nitrogens with one attached hydrogen (secondary N) is 1. The first-order valence-electron chi connectivity index (χ1n) is 5.08. The van der Waals surface area contributed by atoms with Crippen molar-refractivity contribution in [2.75, 3.05) is 6.54 Å². The van der Waals surface area contributed by atoms with Gasteiger partial charge in [0, 0.05) is 9.61 Å². The van der Waals surface area contributed by atoms with Crippen LogP contribution in [0.5, 0.6) is 0 Å². The van der Waals surface area contributed by atoms with Gasteiger partial charge >= 0.3 is 0 Å². The average Bonchev–Trinajstić information content (AvgIpc) is 2.15. The second kappa shape index (κ2) is 5.71. The van der Waals surface area contributed by atoms with E-state index in [9.17, 15) is 0 Å². The van der Waals surface area contributed by atoms with E-state index in [4.69, 9.17) is 0 Å². The zero-order valence-corrected chi connectivity index (χ0v) is 11.2.